The lowest BCUT2D eigenvalue weighted by molar-refractivity contribution is -0.0938. The predicted molar refractivity (Wildman–Crippen MR) is 248 cm³/mol. The van der Waals surface area contributed by atoms with Gasteiger partial charge in [-0.25, -0.2) is 0 Å². The third-order valence-corrected chi connectivity index (χ3v) is 12.1. The highest BCUT2D eigenvalue weighted by Crippen LogP contribution is 2.50. The number of allylic oxidation sites excluding steroid dienone is 2. The number of benzene rings is 6. The van der Waals surface area contributed by atoms with Gasteiger partial charge in [-0.2, -0.15) is 0 Å². The van der Waals surface area contributed by atoms with Gasteiger partial charge < -0.3 is 50.3 Å². The molecule has 1 heterocycles. The van der Waals surface area contributed by atoms with Crippen molar-refractivity contribution in [2.24, 2.45) is 11.8 Å². The summed E-state index contributed by atoms with van der Waals surface area (Å²) in [6.07, 6.45) is 8.17. The number of hydrogen-bond acceptors (Lipinski definition) is 11. The number of phenolic OH excluding ortho intramolecular Hbond substituents is 7. The van der Waals surface area contributed by atoms with E-state index in [0.29, 0.717) is 43.2 Å². The van der Waals surface area contributed by atoms with E-state index >= 15 is 4.79 Å². The molecule has 1 aliphatic rings. The molecule has 0 aliphatic carbocycles. The van der Waals surface area contributed by atoms with E-state index in [4.69, 9.17) is 9.47 Å². The Morgan fingerprint density at radius 2 is 1.26 bits per heavy atom. The van der Waals surface area contributed by atoms with Crippen LogP contribution in [0.3, 0.4) is 0 Å². The van der Waals surface area contributed by atoms with Crippen LogP contribution in [-0.2, 0) is 17.6 Å². The van der Waals surface area contributed by atoms with Gasteiger partial charge in [-0.05, 0) is 133 Å². The summed E-state index contributed by atoms with van der Waals surface area (Å²) in [6, 6.07) is 34.4. The van der Waals surface area contributed by atoms with Crippen molar-refractivity contribution in [2.75, 3.05) is 7.11 Å². The average Bonchev–Trinajstić information content (AvgIpc) is 3.30. The molecular weight excluding hydrogens is 825 g/mol. The Balaban J connectivity index is 1.28. The number of methoxy groups -OCH3 is 1. The maximum atomic E-state index is 15.6. The van der Waals surface area contributed by atoms with Crippen LogP contribution in [-0.4, -0.2) is 66.0 Å². The highest BCUT2D eigenvalue weighted by Gasteiger charge is 2.45. The summed E-state index contributed by atoms with van der Waals surface area (Å²) in [4.78, 5) is 15.6. The van der Waals surface area contributed by atoms with E-state index in [1.54, 1.807) is 97.1 Å². The van der Waals surface area contributed by atoms with E-state index in [2.05, 4.69) is 0 Å². The number of Topliss-reactive ketones (excluding diaryl/α,β-unsaturated/α-hetero) is 1. The van der Waals surface area contributed by atoms with Crippen LogP contribution >= 0.6 is 0 Å². The van der Waals surface area contributed by atoms with Gasteiger partial charge in [0.1, 0.15) is 51.6 Å². The fourth-order valence-corrected chi connectivity index (χ4v) is 8.56. The third kappa shape index (κ3) is 11.5. The molecule has 0 spiro atoms. The highest BCUT2D eigenvalue weighted by molar-refractivity contribution is 6.04. The first kappa shape index (κ1) is 45.8. The molecule has 0 bridgehead atoms. The number of ketones is 1. The Morgan fingerprint density at radius 3 is 1.85 bits per heavy atom. The summed E-state index contributed by atoms with van der Waals surface area (Å²) in [7, 11) is 1.35. The molecule has 11 nitrogen and oxygen atoms in total. The normalized spacial score (nSPS) is 18.4. The van der Waals surface area contributed by atoms with Crippen molar-refractivity contribution in [3.05, 3.63) is 185 Å². The second kappa shape index (κ2) is 21.0. The quantitative estimate of drug-likeness (QED) is 0.0321. The number of phenols is 7. The minimum atomic E-state index is -0.971. The van der Waals surface area contributed by atoms with Crippen LogP contribution in [0.4, 0.5) is 0 Å². The van der Waals surface area contributed by atoms with Gasteiger partial charge in [-0.1, -0.05) is 85.0 Å². The first-order chi connectivity index (χ1) is 31.4. The lowest BCUT2D eigenvalue weighted by atomic mass is 9.73. The van der Waals surface area contributed by atoms with Crippen molar-refractivity contribution in [3.63, 3.8) is 0 Å². The second-order valence-corrected chi connectivity index (χ2v) is 16.5. The molecule has 0 radical (unpaired) electrons. The molecule has 7 rings (SSSR count). The van der Waals surface area contributed by atoms with Crippen molar-refractivity contribution < 1.29 is 55.1 Å². The number of rotatable bonds is 17. The summed E-state index contributed by atoms with van der Waals surface area (Å²) >= 11 is 0. The van der Waals surface area contributed by atoms with E-state index in [1.807, 2.05) is 24.3 Å². The van der Waals surface area contributed by atoms with Gasteiger partial charge >= 0.3 is 0 Å². The smallest absolute Gasteiger partial charge is 0.176 e. The standard InChI is InChI=1S/C54H54O11/c1-64-48-32-47(61)50(46(36-15-26-43(59)27-16-36)4-2-3-39(55)19-6-34-9-22-41(57)23-10-34)53(63)51(48)52(62)49-38(14-5-33-7-20-40(56)21-8-33)31-45(30-13-35-11-24-42(58)25-12-35)65-54(49)37-17-28-44(60)29-18-37/h2,4-5,7-12,14-18,20-29,32,38-39,45-46,49,54-61,63H,3,6,13,19,30-31H2,1H3/b4-2+,14-5+/t38-,39-,45+,46-,49+,54-/m0/s1. The van der Waals surface area contributed by atoms with Crippen LogP contribution < -0.4 is 4.74 Å². The largest absolute Gasteiger partial charge is 0.508 e. The van der Waals surface area contributed by atoms with Gasteiger partial charge in [-0.3, -0.25) is 4.79 Å². The molecule has 0 aromatic heterocycles. The monoisotopic (exact) mass is 878 g/mol. The van der Waals surface area contributed by atoms with E-state index in [9.17, 15) is 40.9 Å². The molecular formula is C54H54O11. The zero-order valence-corrected chi connectivity index (χ0v) is 35.9. The predicted octanol–water partition coefficient (Wildman–Crippen LogP) is 10.00. The maximum absolute atomic E-state index is 15.6. The minimum Gasteiger partial charge on any atom is -0.508 e. The zero-order chi connectivity index (χ0) is 46.0. The minimum absolute atomic E-state index is 0.00511. The molecule has 0 saturated carbocycles. The van der Waals surface area contributed by atoms with Crippen LogP contribution in [0, 0.1) is 11.8 Å². The topological polar surface area (TPSA) is 197 Å². The summed E-state index contributed by atoms with van der Waals surface area (Å²) in [6.45, 7) is 0. The molecule has 0 amide bonds. The Labute approximate surface area is 378 Å². The lowest BCUT2D eigenvalue weighted by Crippen LogP contribution is -2.40. The highest BCUT2D eigenvalue weighted by atomic mass is 16.5. The van der Waals surface area contributed by atoms with Crippen molar-refractivity contribution in [3.8, 4) is 46.0 Å². The van der Waals surface area contributed by atoms with Crippen LogP contribution in [0.15, 0.2) is 146 Å². The van der Waals surface area contributed by atoms with Gasteiger partial charge in [0.2, 0.25) is 0 Å². The summed E-state index contributed by atoms with van der Waals surface area (Å²) < 4.78 is 12.6. The second-order valence-electron chi connectivity index (χ2n) is 16.5. The SMILES string of the molecule is COc1cc(O)c([C@@H](/C=C/C[C@H](O)CCc2ccc(O)cc2)c2ccc(O)cc2)c(O)c1C(=O)[C@H]1[C@@H](/C=C/c2ccc(O)cc2)C[C@@H](CCc2ccc(O)cc2)O[C@H]1c1ccc(O)cc1. The fourth-order valence-electron chi connectivity index (χ4n) is 8.56. The Kier molecular flexibility index (Phi) is 14.8. The summed E-state index contributed by atoms with van der Waals surface area (Å²) in [5.74, 6) is -3.31. The molecule has 1 fully saturated rings. The lowest BCUT2D eigenvalue weighted by Gasteiger charge is -2.41. The maximum Gasteiger partial charge on any atom is 0.176 e. The number of aromatic hydroxyl groups is 7. The molecule has 6 aromatic carbocycles. The fraction of sp³-hybridized carbons (Fsp3) is 0.241. The Morgan fingerprint density at radius 1 is 0.723 bits per heavy atom. The van der Waals surface area contributed by atoms with Crippen molar-refractivity contribution in [1.29, 1.82) is 0 Å². The molecule has 65 heavy (non-hydrogen) atoms. The van der Waals surface area contributed by atoms with E-state index in [0.717, 1.165) is 16.7 Å². The third-order valence-electron chi connectivity index (χ3n) is 12.1. The first-order valence-electron chi connectivity index (χ1n) is 21.6. The van der Waals surface area contributed by atoms with Gasteiger partial charge in [0.15, 0.2) is 5.78 Å². The number of aliphatic hydroxyl groups excluding tert-OH is 1. The Hall–Kier alpha value is -7.21. The average molecular weight is 879 g/mol. The molecule has 1 saturated heterocycles. The van der Waals surface area contributed by atoms with Crippen LogP contribution in [0.2, 0.25) is 0 Å². The van der Waals surface area contributed by atoms with E-state index in [-0.39, 0.29) is 63.9 Å². The Bertz CT molecular complexity index is 2570. The van der Waals surface area contributed by atoms with Gasteiger partial charge in [0.25, 0.3) is 0 Å². The zero-order valence-electron chi connectivity index (χ0n) is 35.9. The summed E-state index contributed by atoms with van der Waals surface area (Å²) in [5, 5.41) is 85.1. The van der Waals surface area contributed by atoms with Gasteiger partial charge in [0.05, 0.1) is 31.3 Å². The van der Waals surface area contributed by atoms with Crippen LogP contribution in [0.1, 0.15) is 81.4 Å². The molecule has 11 heteroatoms. The number of carbonyl (C=O) groups is 1. The summed E-state index contributed by atoms with van der Waals surface area (Å²) in [5.41, 5.74) is 3.75. The van der Waals surface area contributed by atoms with Gasteiger partial charge in [0, 0.05) is 17.5 Å². The number of ether oxygens (including phenoxy) is 2. The number of aliphatic hydroxyl groups is 1. The molecule has 8 N–H and O–H groups in total. The van der Waals surface area contributed by atoms with Crippen molar-refractivity contribution >= 4 is 11.9 Å². The molecule has 6 atom stereocenters. The van der Waals surface area contributed by atoms with Crippen LogP contribution in [0.5, 0.6) is 46.0 Å². The van der Waals surface area contributed by atoms with Crippen LogP contribution in [0.25, 0.3) is 6.08 Å². The molecule has 1 aliphatic heterocycles. The molecule has 0 unspecified atom stereocenters. The van der Waals surface area contributed by atoms with Crippen molar-refractivity contribution in [1.82, 2.24) is 0 Å². The number of aryl methyl sites for hydroxylation is 2. The van der Waals surface area contributed by atoms with E-state index in [1.165, 1.54) is 37.4 Å². The first-order valence-corrected chi connectivity index (χ1v) is 21.6. The molecule has 336 valence electrons. The van der Waals surface area contributed by atoms with Crippen molar-refractivity contribution in [2.45, 2.75) is 62.8 Å². The number of hydrogen-bond donors (Lipinski definition) is 8. The number of carbonyl (C=O) groups excluding carboxylic acids is 1. The van der Waals surface area contributed by atoms with E-state index < -0.39 is 41.5 Å². The van der Waals surface area contributed by atoms with Gasteiger partial charge in [-0.15, -0.1) is 0 Å². The molecule has 6 aromatic rings.